The first-order valence-corrected chi connectivity index (χ1v) is 12.4. The smallest absolute Gasteiger partial charge is 0.251 e. The quantitative estimate of drug-likeness (QED) is 0.325. The van der Waals surface area contributed by atoms with Crippen LogP contribution < -0.4 is 10.6 Å². The van der Waals surface area contributed by atoms with Gasteiger partial charge in [-0.2, -0.15) is 0 Å². The molecule has 0 bridgehead atoms. The van der Waals surface area contributed by atoms with Crippen LogP contribution in [0.5, 0.6) is 0 Å². The maximum atomic E-state index is 13.0. The number of rotatable bonds is 8. The van der Waals surface area contributed by atoms with Crippen molar-refractivity contribution in [2.45, 2.75) is 26.4 Å². The number of fused-ring (bicyclic) bond motifs is 1. The van der Waals surface area contributed by atoms with Gasteiger partial charge in [0, 0.05) is 48.3 Å². The summed E-state index contributed by atoms with van der Waals surface area (Å²) in [5.41, 5.74) is 5.25. The highest BCUT2D eigenvalue weighted by Gasteiger charge is 2.16. The summed E-state index contributed by atoms with van der Waals surface area (Å²) in [6, 6.07) is 19.2. The van der Waals surface area contributed by atoms with Gasteiger partial charge in [0.15, 0.2) is 0 Å². The monoisotopic (exact) mass is 496 g/mol. The number of carbonyl (C=O) groups excluding carboxylic acids is 2. The second-order valence-corrected chi connectivity index (χ2v) is 9.20. The lowest BCUT2D eigenvalue weighted by molar-refractivity contribution is -0.114. The van der Waals surface area contributed by atoms with Crippen LogP contribution in [0.15, 0.2) is 78.6 Å². The fraction of sp³-hybridized carbons (Fsp3) is 0.148. The third-order valence-electron chi connectivity index (χ3n) is 5.64. The molecule has 180 valence electrons. The van der Waals surface area contributed by atoms with Crippen molar-refractivity contribution >= 4 is 39.9 Å². The number of benzene rings is 2. The molecule has 0 saturated heterocycles. The largest absolute Gasteiger partial charge is 0.346 e. The van der Waals surface area contributed by atoms with Crippen LogP contribution in [0.1, 0.15) is 28.0 Å². The zero-order chi connectivity index (χ0) is 24.9. The average molecular weight is 497 g/mol. The van der Waals surface area contributed by atoms with E-state index in [1.165, 1.54) is 18.3 Å². The standard InChI is InChI=1S/C27H24N6O2S/c1-18(34)31-23-14-20(13-22-26(23)33(17-30-22)12-10-21-9-5-6-11-28-21)27(35)29-15-25-32-24(16-36-25)19-7-3-2-4-8-19/h2-9,11,13-14,16-17H,10,12,15H2,1H3,(H,29,35)(H,31,34). The maximum absolute atomic E-state index is 13.0. The highest BCUT2D eigenvalue weighted by Crippen LogP contribution is 2.26. The minimum atomic E-state index is -0.261. The summed E-state index contributed by atoms with van der Waals surface area (Å²) in [6.45, 7) is 2.39. The number of imidazole rings is 1. The molecule has 0 aliphatic heterocycles. The second kappa shape index (κ2) is 10.5. The molecule has 0 radical (unpaired) electrons. The molecule has 0 atom stereocenters. The van der Waals surface area contributed by atoms with Gasteiger partial charge < -0.3 is 15.2 Å². The minimum Gasteiger partial charge on any atom is -0.346 e. The summed E-state index contributed by atoms with van der Waals surface area (Å²) in [5, 5.41) is 8.58. The average Bonchev–Trinajstić information content (AvgIpc) is 3.54. The van der Waals surface area contributed by atoms with E-state index in [9.17, 15) is 9.59 Å². The Hall–Kier alpha value is -4.37. The number of carbonyl (C=O) groups is 2. The van der Waals surface area contributed by atoms with Gasteiger partial charge in [0.1, 0.15) is 5.01 Å². The van der Waals surface area contributed by atoms with E-state index in [2.05, 4.69) is 25.6 Å². The summed E-state index contributed by atoms with van der Waals surface area (Å²) in [4.78, 5) is 38.4. The molecule has 9 heteroatoms. The van der Waals surface area contributed by atoms with Crippen molar-refractivity contribution in [3.63, 3.8) is 0 Å². The van der Waals surface area contributed by atoms with E-state index in [1.54, 1.807) is 24.7 Å². The number of aromatic nitrogens is 4. The Morgan fingerprint density at radius 1 is 1.03 bits per heavy atom. The molecule has 0 aliphatic rings. The van der Waals surface area contributed by atoms with Crippen LogP contribution in [0, 0.1) is 0 Å². The van der Waals surface area contributed by atoms with Crippen LogP contribution in [0.3, 0.4) is 0 Å². The van der Waals surface area contributed by atoms with Gasteiger partial charge in [0.2, 0.25) is 5.91 Å². The van der Waals surface area contributed by atoms with E-state index in [-0.39, 0.29) is 11.8 Å². The lowest BCUT2D eigenvalue weighted by atomic mass is 10.1. The van der Waals surface area contributed by atoms with Crippen LogP contribution in [0.4, 0.5) is 5.69 Å². The number of aryl methyl sites for hydroxylation is 2. The van der Waals surface area contributed by atoms with Crippen LogP contribution >= 0.6 is 11.3 Å². The molecule has 2 N–H and O–H groups in total. The summed E-state index contributed by atoms with van der Waals surface area (Å²) in [7, 11) is 0. The van der Waals surface area contributed by atoms with Crippen molar-refractivity contribution in [3.8, 4) is 11.3 Å². The summed E-state index contributed by atoms with van der Waals surface area (Å²) < 4.78 is 1.97. The van der Waals surface area contributed by atoms with Gasteiger partial charge in [-0.25, -0.2) is 9.97 Å². The number of thiazole rings is 1. The number of nitrogens with one attached hydrogen (secondary N) is 2. The zero-order valence-corrected chi connectivity index (χ0v) is 20.5. The van der Waals surface area contributed by atoms with Gasteiger partial charge in [0.05, 0.1) is 35.3 Å². The highest BCUT2D eigenvalue weighted by molar-refractivity contribution is 7.09. The van der Waals surface area contributed by atoms with E-state index in [1.807, 2.05) is 58.5 Å². The molecule has 8 nitrogen and oxygen atoms in total. The predicted octanol–water partition coefficient (Wildman–Crippen LogP) is 4.69. The van der Waals surface area contributed by atoms with Crippen molar-refractivity contribution in [2.24, 2.45) is 0 Å². The molecule has 2 amide bonds. The summed E-state index contributed by atoms with van der Waals surface area (Å²) in [6.07, 6.45) is 4.21. The molecule has 0 aliphatic carbocycles. The first kappa shape index (κ1) is 23.4. The lowest BCUT2D eigenvalue weighted by Gasteiger charge is -2.11. The maximum Gasteiger partial charge on any atom is 0.251 e. The van der Waals surface area contributed by atoms with Gasteiger partial charge in [-0.1, -0.05) is 36.4 Å². The Morgan fingerprint density at radius 2 is 1.86 bits per heavy atom. The van der Waals surface area contributed by atoms with Gasteiger partial charge in [-0.05, 0) is 24.3 Å². The topological polar surface area (TPSA) is 102 Å². The number of pyridine rings is 1. The first-order chi connectivity index (χ1) is 17.6. The second-order valence-electron chi connectivity index (χ2n) is 8.26. The van der Waals surface area contributed by atoms with Gasteiger partial charge >= 0.3 is 0 Å². The third-order valence-corrected chi connectivity index (χ3v) is 6.49. The summed E-state index contributed by atoms with van der Waals surface area (Å²) in [5.74, 6) is -0.481. The van der Waals surface area contributed by atoms with E-state index in [4.69, 9.17) is 0 Å². The third kappa shape index (κ3) is 5.31. The predicted molar refractivity (Wildman–Crippen MR) is 141 cm³/mol. The SMILES string of the molecule is CC(=O)Nc1cc(C(=O)NCc2nc(-c3ccccc3)cs2)cc2ncn(CCc3ccccn3)c12. The Morgan fingerprint density at radius 3 is 2.64 bits per heavy atom. The van der Waals surface area contributed by atoms with Gasteiger partial charge in [-0.3, -0.25) is 14.6 Å². The Kier molecular flexibility index (Phi) is 6.81. The van der Waals surface area contributed by atoms with Crippen LogP contribution in [0.25, 0.3) is 22.3 Å². The zero-order valence-electron chi connectivity index (χ0n) is 19.6. The molecule has 3 aromatic heterocycles. The van der Waals surface area contributed by atoms with Crippen molar-refractivity contribution in [1.82, 2.24) is 24.8 Å². The fourth-order valence-electron chi connectivity index (χ4n) is 3.97. The number of anilines is 1. The molecule has 0 unspecified atom stereocenters. The Balaban J connectivity index is 1.34. The van der Waals surface area contributed by atoms with Crippen molar-refractivity contribution < 1.29 is 9.59 Å². The van der Waals surface area contributed by atoms with Crippen LogP contribution in [0.2, 0.25) is 0 Å². The molecular formula is C27H24N6O2S. The van der Waals surface area contributed by atoms with Crippen molar-refractivity contribution in [3.05, 3.63) is 94.8 Å². The molecule has 2 aromatic carbocycles. The molecule has 5 rings (SSSR count). The van der Waals surface area contributed by atoms with Gasteiger partial charge in [0.25, 0.3) is 5.91 Å². The molecule has 0 fully saturated rings. The van der Waals surface area contributed by atoms with Crippen LogP contribution in [-0.2, 0) is 24.3 Å². The van der Waals surface area contributed by atoms with Crippen molar-refractivity contribution in [2.75, 3.05) is 5.32 Å². The number of nitrogens with zero attached hydrogens (tertiary/aromatic N) is 4. The van der Waals surface area contributed by atoms with E-state index >= 15 is 0 Å². The van der Waals surface area contributed by atoms with E-state index in [0.717, 1.165) is 27.5 Å². The fourth-order valence-corrected chi connectivity index (χ4v) is 4.71. The molecule has 36 heavy (non-hydrogen) atoms. The van der Waals surface area contributed by atoms with Crippen LogP contribution in [-0.4, -0.2) is 31.3 Å². The van der Waals surface area contributed by atoms with E-state index in [0.29, 0.717) is 36.3 Å². The number of hydrogen-bond donors (Lipinski definition) is 2. The molecule has 3 heterocycles. The minimum absolute atomic E-state index is 0.220. The first-order valence-electron chi connectivity index (χ1n) is 11.5. The molecule has 0 spiro atoms. The highest BCUT2D eigenvalue weighted by atomic mass is 32.1. The number of amides is 2. The molecule has 5 aromatic rings. The lowest BCUT2D eigenvalue weighted by Crippen LogP contribution is -2.23. The molecular weight excluding hydrogens is 472 g/mol. The van der Waals surface area contributed by atoms with Gasteiger partial charge in [-0.15, -0.1) is 11.3 Å². The normalized spacial score (nSPS) is 10.9. The van der Waals surface area contributed by atoms with Crippen molar-refractivity contribution in [1.29, 1.82) is 0 Å². The van der Waals surface area contributed by atoms with E-state index < -0.39 is 0 Å². The summed E-state index contributed by atoms with van der Waals surface area (Å²) >= 11 is 1.50. The number of hydrogen-bond acceptors (Lipinski definition) is 6. The Bertz CT molecular complexity index is 1510. The Labute approximate surface area is 212 Å². The molecule has 0 saturated carbocycles.